The fourth-order valence-corrected chi connectivity index (χ4v) is 1.63. The van der Waals surface area contributed by atoms with Crippen LogP contribution < -0.4 is 0 Å². The normalized spacial score (nSPS) is 11.5. The molecule has 0 aliphatic carbocycles. The zero-order valence-corrected chi connectivity index (χ0v) is 8.72. The van der Waals surface area contributed by atoms with Gasteiger partial charge in [0.1, 0.15) is 18.5 Å². The van der Waals surface area contributed by atoms with Gasteiger partial charge in [-0.1, -0.05) is 0 Å². The first-order valence-corrected chi connectivity index (χ1v) is 5.97. The van der Waals surface area contributed by atoms with Crippen molar-refractivity contribution in [3.8, 4) is 5.82 Å². The summed E-state index contributed by atoms with van der Waals surface area (Å²) >= 11 is 0. The largest absolute Gasteiger partial charge is 0.290 e. The van der Waals surface area contributed by atoms with Crippen LogP contribution in [0.3, 0.4) is 0 Å². The summed E-state index contributed by atoms with van der Waals surface area (Å²) < 4.78 is 24.1. The fraction of sp³-hybridized carbons (Fsp3) is 0.125. The van der Waals surface area contributed by atoms with Crippen LogP contribution in [0.25, 0.3) is 5.82 Å². The molecule has 2 rings (SSSR count). The first kappa shape index (κ1) is 9.78. The van der Waals surface area contributed by atoms with Crippen molar-refractivity contribution in [2.24, 2.45) is 0 Å². The Labute approximate surface area is 86.6 Å². The first-order valence-electron chi connectivity index (χ1n) is 4.08. The summed E-state index contributed by atoms with van der Waals surface area (Å²) in [6, 6.07) is 1.40. The molecule has 15 heavy (non-hydrogen) atoms. The van der Waals surface area contributed by atoms with Gasteiger partial charge in [-0.25, -0.2) is 23.4 Å². The van der Waals surface area contributed by atoms with Gasteiger partial charge in [-0.05, 0) is 0 Å². The Bertz CT molecular complexity index is 562. The molecule has 0 spiro atoms. The maximum absolute atomic E-state index is 11.2. The Hall–Kier alpha value is -1.76. The van der Waals surface area contributed by atoms with E-state index >= 15 is 0 Å². The van der Waals surface area contributed by atoms with E-state index in [1.54, 1.807) is 17.0 Å². The Morgan fingerprint density at radius 3 is 2.73 bits per heavy atom. The fourth-order valence-electron chi connectivity index (χ4n) is 1.07. The van der Waals surface area contributed by atoms with Gasteiger partial charge in [-0.3, -0.25) is 4.57 Å². The maximum atomic E-state index is 11.2. The number of hydrogen-bond acceptors (Lipinski definition) is 5. The molecule has 0 unspecified atom stereocenters. The lowest BCUT2D eigenvalue weighted by molar-refractivity contribution is 0.597. The van der Waals surface area contributed by atoms with Crippen LogP contribution in [0.1, 0.15) is 0 Å². The topological polar surface area (TPSA) is 77.7 Å². The van der Waals surface area contributed by atoms with Gasteiger partial charge in [-0.2, -0.15) is 0 Å². The average molecular weight is 224 g/mol. The van der Waals surface area contributed by atoms with Crippen molar-refractivity contribution >= 4 is 9.84 Å². The third-order valence-electron chi connectivity index (χ3n) is 1.78. The highest BCUT2D eigenvalue weighted by atomic mass is 32.2. The Morgan fingerprint density at radius 1 is 1.33 bits per heavy atom. The van der Waals surface area contributed by atoms with E-state index in [9.17, 15) is 8.42 Å². The highest BCUT2D eigenvalue weighted by Gasteiger charge is 2.10. The minimum Gasteiger partial charge on any atom is -0.290 e. The van der Waals surface area contributed by atoms with Gasteiger partial charge in [0.25, 0.3) is 0 Å². The smallest absolute Gasteiger partial charge is 0.192 e. The summed E-state index contributed by atoms with van der Waals surface area (Å²) in [6.07, 6.45) is 7.11. The molecule has 0 saturated heterocycles. The zero-order valence-electron chi connectivity index (χ0n) is 7.90. The number of sulfone groups is 1. The van der Waals surface area contributed by atoms with Gasteiger partial charge < -0.3 is 0 Å². The summed E-state index contributed by atoms with van der Waals surface area (Å²) in [6.45, 7) is 0. The van der Waals surface area contributed by atoms with E-state index in [2.05, 4.69) is 15.0 Å². The molecule has 0 bridgehead atoms. The van der Waals surface area contributed by atoms with E-state index in [1.807, 2.05) is 0 Å². The van der Waals surface area contributed by atoms with E-state index in [4.69, 9.17) is 0 Å². The third kappa shape index (κ3) is 2.01. The molecular formula is C8H8N4O2S. The first-order chi connectivity index (χ1) is 7.07. The Morgan fingerprint density at radius 2 is 2.13 bits per heavy atom. The molecule has 78 valence electrons. The quantitative estimate of drug-likeness (QED) is 0.674. The number of nitrogens with zero attached hydrogens (tertiary/aromatic N) is 4. The van der Waals surface area contributed by atoms with Crippen molar-refractivity contribution in [1.82, 2.24) is 19.5 Å². The van der Waals surface area contributed by atoms with Crippen LogP contribution in [0.15, 0.2) is 36.1 Å². The summed E-state index contributed by atoms with van der Waals surface area (Å²) in [4.78, 5) is 11.5. The molecule has 0 fully saturated rings. The average Bonchev–Trinajstić information content (AvgIpc) is 2.69. The van der Waals surface area contributed by atoms with Crippen LogP contribution in [-0.2, 0) is 9.84 Å². The zero-order chi connectivity index (χ0) is 10.9. The molecule has 2 aromatic rings. The lowest BCUT2D eigenvalue weighted by Gasteiger charge is -2.01. The van der Waals surface area contributed by atoms with E-state index in [0.29, 0.717) is 5.82 Å². The molecule has 2 aromatic heterocycles. The van der Waals surface area contributed by atoms with Crippen molar-refractivity contribution in [3.63, 3.8) is 0 Å². The van der Waals surface area contributed by atoms with Crippen molar-refractivity contribution in [3.05, 3.63) is 31.1 Å². The summed E-state index contributed by atoms with van der Waals surface area (Å²) in [7, 11) is -3.30. The van der Waals surface area contributed by atoms with Crippen LogP contribution in [0.4, 0.5) is 0 Å². The van der Waals surface area contributed by atoms with Gasteiger partial charge in [0.15, 0.2) is 14.9 Å². The van der Waals surface area contributed by atoms with Crippen LogP contribution in [0.2, 0.25) is 0 Å². The predicted octanol–water partition coefficient (Wildman–Crippen LogP) is 0.0658. The van der Waals surface area contributed by atoms with Gasteiger partial charge in [-0.15, -0.1) is 0 Å². The highest BCUT2D eigenvalue weighted by molar-refractivity contribution is 7.90. The van der Waals surface area contributed by atoms with E-state index in [-0.39, 0.29) is 5.03 Å². The van der Waals surface area contributed by atoms with Crippen molar-refractivity contribution in [2.75, 3.05) is 6.26 Å². The molecule has 6 nitrogen and oxygen atoms in total. The molecule has 0 aliphatic heterocycles. The maximum Gasteiger partial charge on any atom is 0.192 e. The van der Waals surface area contributed by atoms with Gasteiger partial charge in [0.2, 0.25) is 0 Å². The van der Waals surface area contributed by atoms with Gasteiger partial charge in [0.05, 0.1) is 0 Å². The number of hydrogen-bond donors (Lipinski definition) is 0. The van der Waals surface area contributed by atoms with Crippen molar-refractivity contribution in [2.45, 2.75) is 5.03 Å². The molecular weight excluding hydrogens is 216 g/mol. The number of rotatable bonds is 2. The summed E-state index contributed by atoms with van der Waals surface area (Å²) in [5.74, 6) is 0.475. The molecule has 7 heteroatoms. The summed E-state index contributed by atoms with van der Waals surface area (Å²) in [5, 5.41) is 0.00111. The molecule has 0 atom stereocenters. The third-order valence-corrected chi connectivity index (χ3v) is 2.76. The summed E-state index contributed by atoms with van der Waals surface area (Å²) in [5.41, 5.74) is 0. The van der Waals surface area contributed by atoms with Crippen LogP contribution in [-0.4, -0.2) is 34.2 Å². The second-order valence-electron chi connectivity index (χ2n) is 2.96. The second-order valence-corrected chi connectivity index (χ2v) is 4.92. The van der Waals surface area contributed by atoms with Gasteiger partial charge >= 0.3 is 0 Å². The number of imidazole rings is 1. The minimum atomic E-state index is -3.30. The second kappa shape index (κ2) is 3.43. The lowest BCUT2D eigenvalue weighted by Crippen LogP contribution is -2.04. The lowest BCUT2D eigenvalue weighted by atomic mass is 10.6. The SMILES string of the molecule is CS(=O)(=O)c1cc(-n2ccnc2)ncn1. The molecule has 2 heterocycles. The molecule has 0 saturated carbocycles. The Kier molecular flexibility index (Phi) is 2.24. The Balaban J connectivity index is 2.53. The minimum absolute atomic E-state index is 0.00111. The monoisotopic (exact) mass is 224 g/mol. The van der Waals surface area contributed by atoms with Crippen LogP contribution in [0, 0.1) is 0 Å². The molecule has 0 aliphatic rings. The molecule has 0 amide bonds. The number of aromatic nitrogens is 4. The van der Waals surface area contributed by atoms with Crippen LogP contribution in [0.5, 0.6) is 0 Å². The van der Waals surface area contributed by atoms with Crippen molar-refractivity contribution < 1.29 is 8.42 Å². The van der Waals surface area contributed by atoms with E-state index in [1.165, 1.54) is 18.7 Å². The van der Waals surface area contributed by atoms with Crippen molar-refractivity contribution in [1.29, 1.82) is 0 Å². The standard InChI is InChI=1S/C8H8N4O2S/c1-15(13,14)8-4-7(10-5-11-8)12-3-2-9-6-12/h2-6H,1H3. The van der Waals surface area contributed by atoms with Crippen LogP contribution >= 0.6 is 0 Å². The highest BCUT2D eigenvalue weighted by Crippen LogP contribution is 2.08. The molecule has 0 radical (unpaired) electrons. The van der Waals surface area contributed by atoms with Gasteiger partial charge in [0, 0.05) is 24.7 Å². The van der Waals surface area contributed by atoms with E-state index in [0.717, 1.165) is 6.26 Å². The van der Waals surface area contributed by atoms with E-state index < -0.39 is 9.84 Å². The molecule has 0 N–H and O–H groups in total. The molecule has 0 aromatic carbocycles. The predicted molar refractivity (Wildman–Crippen MR) is 52.3 cm³/mol.